The van der Waals surface area contributed by atoms with Crippen LogP contribution in [-0.4, -0.2) is 20.7 Å². The average Bonchev–Trinajstić information content (AvgIpc) is 3.27. The van der Waals surface area contributed by atoms with Crippen LogP contribution in [0.3, 0.4) is 0 Å². The van der Waals surface area contributed by atoms with Gasteiger partial charge in [0.1, 0.15) is 5.69 Å². The number of benzene rings is 2. The Balaban J connectivity index is 1.58. The van der Waals surface area contributed by atoms with Crippen molar-refractivity contribution >= 4 is 33.1 Å². The lowest BCUT2D eigenvalue weighted by atomic mass is 10.1. The van der Waals surface area contributed by atoms with Crippen LogP contribution in [-0.2, 0) is 6.54 Å². The lowest BCUT2D eigenvalue weighted by Crippen LogP contribution is -2.17. The summed E-state index contributed by atoms with van der Waals surface area (Å²) in [5.74, 6) is -0.188. The van der Waals surface area contributed by atoms with Crippen molar-refractivity contribution in [3.63, 3.8) is 0 Å². The molecule has 0 atom stereocenters. The molecule has 0 aliphatic heterocycles. The second-order valence-electron chi connectivity index (χ2n) is 6.04. The Hall–Kier alpha value is -2.99. The maximum absolute atomic E-state index is 12.5. The summed E-state index contributed by atoms with van der Waals surface area (Å²) in [5, 5.41) is 12.1. The van der Waals surface area contributed by atoms with Gasteiger partial charge >= 0.3 is 0 Å². The number of carbonyl (C=O) groups excluding carboxylic acids is 1. The first-order valence-corrected chi connectivity index (χ1v) is 9.32. The molecule has 130 valence electrons. The van der Waals surface area contributed by atoms with E-state index in [-0.39, 0.29) is 5.91 Å². The summed E-state index contributed by atoms with van der Waals surface area (Å²) in [6, 6.07) is 16.3. The molecule has 2 heterocycles. The summed E-state index contributed by atoms with van der Waals surface area (Å²) in [6.07, 6.45) is 0. The monoisotopic (exact) mass is 362 g/mol. The molecular weight excluding hydrogens is 344 g/mol. The van der Waals surface area contributed by atoms with E-state index in [4.69, 9.17) is 0 Å². The first-order chi connectivity index (χ1) is 12.6. The number of hydrogen-bond donors (Lipinski definition) is 1. The molecule has 0 saturated carbocycles. The standard InChI is InChI=1S/C20H18N4OS/c1-3-24-18(10-13(2)23-24)19(25)22-20-21-17(12-26-20)16-9-8-14-6-4-5-7-15(14)11-16/h4-12H,3H2,1-2H3,(H,21,22,25). The molecule has 26 heavy (non-hydrogen) atoms. The second-order valence-corrected chi connectivity index (χ2v) is 6.90. The van der Waals surface area contributed by atoms with Crippen LogP contribution in [0.5, 0.6) is 0 Å². The number of hydrogen-bond acceptors (Lipinski definition) is 4. The Morgan fingerprint density at radius 2 is 1.96 bits per heavy atom. The fraction of sp³-hybridized carbons (Fsp3) is 0.150. The SMILES string of the molecule is CCn1nc(C)cc1C(=O)Nc1nc(-c2ccc3ccccc3c2)cs1. The van der Waals surface area contributed by atoms with Crippen LogP contribution in [0.15, 0.2) is 53.9 Å². The van der Waals surface area contributed by atoms with E-state index in [0.29, 0.717) is 17.4 Å². The zero-order valence-corrected chi connectivity index (χ0v) is 15.4. The van der Waals surface area contributed by atoms with Crippen LogP contribution < -0.4 is 5.32 Å². The van der Waals surface area contributed by atoms with Crippen LogP contribution in [0.2, 0.25) is 0 Å². The third-order valence-electron chi connectivity index (χ3n) is 4.20. The number of anilines is 1. The number of aromatic nitrogens is 3. The minimum Gasteiger partial charge on any atom is -0.296 e. The van der Waals surface area contributed by atoms with Crippen molar-refractivity contribution in [2.45, 2.75) is 20.4 Å². The molecule has 6 heteroatoms. The second kappa shape index (κ2) is 6.72. The topological polar surface area (TPSA) is 59.8 Å². The van der Waals surface area contributed by atoms with Gasteiger partial charge in [0.15, 0.2) is 5.13 Å². The molecule has 0 saturated heterocycles. The van der Waals surface area contributed by atoms with Crippen LogP contribution >= 0.6 is 11.3 Å². The van der Waals surface area contributed by atoms with E-state index in [0.717, 1.165) is 17.0 Å². The van der Waals surface area contributed by atoms with Gasteiger partial charge in [-0.1, -0.05) is 36.4 Å². The van der Waals surface area contributed by atoms with Crippen molar-refractivity contribution in [3.05, 3.63) is 65.3 Å². The molecule has 4 aromatic rings. The van der Waals surface area contributed by atoms with Gasteiger partial charge in [-0.3, -0.25) is 14.8 Å². The average molecular weight is 362 g/mol. The highest BCUT2D eigenvalue weighted by atomic mass is 32.1. The molecule has 0 unspecified atom stereocenters. The molecule has 0 radical (unpaired) electrons. The summed E-state index contributed by atoms with van der Waals surface area (Å²) >= 11 is 1.42. The first kappa shape index (κ1) is 16.5. The summed E-state index contributed by atoms with van der Waals surface area (Å²) in [7, 11) is 0. The molecule has 2 aromatic heterocycles. The van der Waals surface area contributed by atoms with Crippen LogP contribution in [0, 0.1) is 6.92 Å². The number of carbonyl (C=O) groups is 1. The van der Waals surface area contributed by atoms with Gasteiger partial charge in [0.05, 0.1) is 11.4 Å². The molecule has 0 spiro atoms. The van der Waals surface area contributed by atoms with Gasteiger partial charge < -0.3 is 0 Å². The summed E-state index contributed by atoms with van der Waals surface area (Å²) in [5.41, 5.74) is 3.27. The van der Waals surface area contributed by atoms with E-state index >= 15 is 0 Å². The van der Waals surface area contributed by atoms with E-state index in [1.807, 2.05) is 31.4 Å². The summed E-state index contributed by atoms with van der Waals surface area (Å²) in [6.45, 7) is 4.49. The number of aryl methyl sites for hydroxylation is 2. The van der Waals surface area contributed by atoms with Crippen molar-refractivity contribution < 1.29 is 4.79 Å². The molecule has 1 amide bonds. The Labute approximate surface area is 155 Å². The molecular formula is C20H18N4OS. The van der Waals surface area contributed by atoms with Crippen LogP contribution in [0.25, 0.3) is 22.0 Å². The number of thiazole rings is 1. The van der Waals surface area contributed by atoms with Crippen molar-refractivity contribution in [2.24, 2.45) is 0 Å². The van der Waals surface area contributed by atoms with Crippen molar-refractivity contribution in [1.82, 2.24) is 14.8 Å². The van der Waals surface area contributed by atoms with Crippen molar-refractivity contribution in [3.8, 4) is 11.3 Å². The van der Waals surface area contributed by atoms with E-state index in [1.165, 1.54) is 22.1 Å². The minimum atomic E-state index is -0.188. The van der Waals surface area contributed by atoms with Crippen molar-refractivity contribution in [1.29, 1.82) is 0 Å². The Morgan fingerprint density at radius 3 is 2.77 bits per heavy atom. The predicted molar refractivity (Wildman–Crippen MR) is 106 cm³/mol. The minimum absolute atomic E-state index is 0.188. The Kier molecular flexibility index (Phi) is 4.26. The molecule has 0 aliphatic rings. The number of nitrogens with one attached hydrogen (secondary N) is 1. The zero-order valence-electron chi connectivity index (χ0n) is 14.6. The number of rotatable bonds is 4. The third kappa shape index (κ3) is 3.11. The third-order valence-corrected chi connectivity index (χ3v) is 4.96. The largest absolute Gasteiger partial charge is 0.296 e. The van der Waals surface area contributed by atoms with Crippen LogP contribution in [0.4, 0.5) is 5.13 Å². The smallest absolute Gasteiger partial charge is 0.275 e. The number of amides is 1. The summed E-state index contributed by atoms with van der Waals surface area (Å²) in [4.78, 5) is 17.1. The molecule has 0 aliphatic carbocycles. The van der Waals surface area contributed by atoms with Gasteiger partial charge in [-0.25, -0.2) is 4.98 Å². The normalized spacial score (nSPS) is 11.0. The Bertz CT molecular complexity index is 1100. The van der Waals surface area contributed by atoms with Gasteiger partial charge in [-0.2, -0.15) is 5.10 Å². The Morgan fingerprint density at radius 1 is 1.15 bits per heavy atom. The maximum atomic E-state index is 12.5. The molecule has 1 N–H and O–H groups in total. The van der Waals surface area contributed by atoms with Crippen molar-refractivity contribution in [2.75, 3.05) is 5.32 Å². The van der Waals surface area contributed by atoms with Gasteiger partial charge in [0.2, 0.25) is 0 Å². The molecule has 2 aromatic carbocycles. The quantitative estimate of drug-likeness (QED) is 0.570. The van der Waals surface area contributed by atoms with Crippen LogP contribution in [0.1, 0.15) is 23.1 Å². The highest BCUT2D eigenvalue weighted by Crippen LogP contribution is 2.28. The van der Waals surface area contributed by atoms with Gasteiger partial charge in [0.25, 0.3) is 5.91 Å². The fourth-order valence-electron chi connectivity index (χ4n) is 2.94. The maximum Gasteiger partial charge on any atom is 0.275 e. The first-order valence-electron chi connectivity index (χ1n) is 8.44. The number of nitrogens with zero attached hydrogens (tertiary/aromatic N) is 3. The fourth-order valence-corrected chi connectivity index (χ4v) is 3.66. The number of fused-ring (bicyclic) bond motifs is 1. The van der Waals surface area contributed by atoms with E-state index in [9.17, 15) is 4.79 Å². The van der Waals surface area contributed by atoms with E-state index < -0.39 is 0 Å². The lowest BCUT2D eigenvalue weighted by molar-refractivity contribution is 0.101. The molecule has 0 fully saturated rings. The highest BCUT2D eigenvalue weighted by Gasteiger charge is 2.15. The molecule has 0 bridgehead atoms. The van der Waals surface area contributed by atoms with Gasteiger partial charge in [-0.15, -0.1) is 11.3 Å². The molecule has 4 rings (SSSR count). The van der Waals surface area contributed by atoms with E-state index in [1.54, 1.807) is 10.7 Å². The predicted octanol–water partition coefficient (Wildman–Crippen LogP) is 4.74. The lowest BCUT2D eigenvalue weighted by Gasteiger charge is -2.04. The van der Waals surface area contributed by atoms with Gasteiger partial charge in [0, 0.05) is 17.5 Å². The molecule has 5 nitrogen and oxygen atoms in total. The highest BCUT2D eigenvalue weighted by molar-refractivity contribution is 7.14. The van der Waals surface area contributed by atoms with Gasteiger partial charge in [-0.05, 0) is 36.8 Å². The van der Waals surface area contributed by atoms with E-state index in [2.05, 4.69) is 45.7 Å². The zero-order chi connectivity index (χ0) is 18.1. The summed E-state index contributed by atoms with van der Waals surface area (Å²) < 4.78 is 1.70.